The van der Waals surface area contributed by atoms with Crippen LogP contribution < -0.4 is 10.5 Å². The molecule has 0 heterocycles. The van der Waals surface area contributed by atoms with Gasteiger partial charge in [-0.3, -0.25) is 4.21 Å². The number of nitrogens with one attached hydrogen (secondary N) is 1. The van der Waals surface area contributed by atoms with Crippen molar-refractivity contribution in [2.45, 2.75) is 23.5 Å². The van der Waals surface area contributed by atoms with Crippen molar-refractivity contribution in [2.75, 3.05) is 12.8 Å². The van der Waals surface area contributed by atoms with Crippen molar-refractivity contribution in [3.8, 4) is 0 Å². The van der Waals surface area contributed by atoms with Gasteiger partial charge in [-0.25, -0.2) is 13.1 Å². The average Bonchev–Trinajstić information content (AvgIpc) is 2.38. The largest absolute Gasteiger partial charge is 0.389 e. The zero-order valence-electron chi connectivity index (χ0n) is 11.3. The molecule has 0 bridgehead atoms. The summed E-state index contributed by atoms with van der Waals surface area (Å²) in [7, 11) is -4.56. The van der Waals surface area contributed by atoms with Crippen LogP contribution in [0.3, 0.4) is 0 Å². The zero-order valence-corrected chi connectivity index (χ0v) is 13.8. The van der Waals surface area contributed by atoms with Crippen LogP contribution in [0.25, 0.3) is 0 Å². The van der Waals surface area contributed by atoms with Gasteiger partial charge in [0.05, 0.1) is 4.90 Å². The standard InChI is InChI=1S/C12H18N2O3S3/c1-9(19(2)15)6-7-14-20(16,17)11-5-3-4-10(8-11)12(13)18/h3-5,8-9,14H,6-7H2,1-2H3,(H2,13,18). The molecule has 0 saturated carbocycles. The average molecular weight is 334 g/mol. The molecular formula is C12H18N2O3S3. The predicted octanol–water partition coefficient (Wildman–Crippen LogP) is 0.756. The molecule has 1 aromatic rings. The Balaban J connectivity index is 2.76. The van der Waals surface area contributed by atoms with Gasteiger partial charge in [-0.15, -0.1) is 0 Å². The van der Waals surface area contributed by atoms with E-state index in [0.29, 0.717) is 12.0 Å². The summed E-state index contributed by atoms with van der Waals surface area (Å²) in [6.07, 6.45) is 2.11. The molecule has 1 aromatic carbocycles. The van der Waals surface area contributed by atoms with Crippen LogP contribution in [0.15, 0.2) is 29.2 Å². The maximum absolute atomic E-state index is 12.1. The predicted molar refractivity (Wildman–Crippen MR) is 85.7 cm³/mol. The summed E-state index contributed by atoms with van der Waals surface area (Å²) in [5, 5.41) is -0.0550. The lowest BCUT2D eigenvalue weighted by molar-refractivity contribution is 0.578. The molecule has 5 nitrogen and oxygen atoms in total. The number of benzene rings is 1. The second kappa shape index (κ2) is 7.26. The van der Waals surface area contributed by atoms with Gasteiger partial charge in [0.1, 0.15) is 4.99 Å². The van der Waals surface area contributed by atoms with E-state index < -0.39 is 20.8 Å². The molecule has 0 aliphatic carbocycles. The Morgan fingerprint density at radius 3 is 2.70 bits per heavy atom. The molecule has 112 valence electrons. The summed E-state index contributed by atoms with van der Waals surface area (Å²) < 4.78 is 37.9. The van der Waals surface area contributed by atoms with E-state index in [-0.39, 0.29) is 21.7 Å². The van der Waals surface area contributed by atoms with Crippen LogP contribution in [-0.4, -0.2) is 35.7 Å². The van der Waals surface area contributed by atoms with Gasteiger partial charge in [0.2, 0.25) is 10.0 Å². The van der Waals surface area contributed by atoms with Crippen LogP contribution in [0.1, 0.15) is 18.9 Å². The Morgan fingerprint density at radius 2 is 2.15 bits per heavy atom. The molecule has 0 fully saturated rings. The minimum atomic E-state index is -3.60. The molecule has 2 atom stereocenters. The lowest BCUT2D eigenvalue weighted by Gasteiger charge is -2.10. The first-order chi connectivity index (χ1) is 9.24. The number of hydrogen-bond acceptors (Lipinski definition) is 4. The van der Waals surface area contributed by atoms with E-state index >= 15 is 0 Å². The first-order valence-corrected chi connectivity index (χ1v) is 9.47. The van der Waals surface area contributed by atoms with Gasteiger partial charge in [-0.05, 0) is 18.6 Å². The Hall–Kier alpha value is -0.830. The van der Waals surface area contributed by atoms with Crippen molar-refractivity contribution in [3.63, 3.8) is 0 Å². The minimum Gasteiger partial charge on any atom is -0.389 e. The fourth-order valence-corrected chi connectivity index (χ4v) is 3.13. The fourth-order valence-electron chi connectivity index (χ4n) is 1.46. The molecule has 0 radical (unpaired) electrons. The molecule has 0 saturated heterocycles. The third kappa shape index (κ3) is 4.93. The van der Waals surface area contributed by atoms with E-state index in [9.17, 15) is 12.6 Å². The SMILES string of the molecule is CC(CCNS(=O)(=O)c1cccc(C(N)=S)c1)S(C)=O. The van der Waals surface area contributed by atoms with E-state index in [4.69, 9.17) is 18.0 Å². The Labute approximate surface area is 127 Å². The number of sulfonamides is 1. The highest BCUT2D eigenvalue weighted by Gasteiger charge is 2.15. The number of nitrogens with two attached hydrogens (primary N) is 1. The van der Waals surface area contributed by atoms with Crippen LogP contribution in [-0.2, 0) is 20.8 Å². The third-order valence-electron chi connectivity index (χ3n) is 2.84. The summed E-state index contributed by atoms with van der Waals surface area (Å²) in [5.74, 6) is 0. The van der Waals surface area contributed by atoms with Crippen molar-refractivity contribution in [1.82, 2.24) is 4.72 Å². The quantitative estimate of drug-likeness (QED) is 0.719. The van der Waals surface area contributed by atoms with E-state index in [1.807, 2.05) is 6.92 Å². The second-order valence-corrected chi connectivity index (χ2v) is 8.40. The van der Waals surface area contributed by atoms with Gasteiger partial charge in [0.25, 0.3) is 0 Å². The lowest BCUT2D eigenvalue weighted by atomic mass is 10.2. The maximum atomic E-state index is 12.1. The Bertz CT molecular complexity index is 614. The third-order valence-corrected chi connectivity index (χ3v) is 5.90. The van der Waals surface area contributed by atoms with E-state index in [1.54, 1.807) is 18.4 Å². The Morgan fingerprint density at radius 1 is 1.50 bits per heavy atom. The number of hydrogen-bond donors (Lipinski definition) is 2. The first-order valence-electron chi connectivity index (χ1n) is 5.96. The first kappa shape index (κ1) is 17.2. The van der Waals surface area contributed by atoms with Crippen molar-refractivity contribution < 1.29 is 12.6 Å². The summed E-state index contributed by atoms with van der Waals surface area (Å²) in [6.45, 7) is 2.05. The summed E-state index contributed by atoms with van der Waals surface area (Å²) in [4.78, 5) is 0.269. The molecule has 0 aliphatic rings. The fraction of sp³-hybridized carbons (Fsp3) is 0.417. The molecule has 20 heavy (non-hydrogen) atoms. The molecule has 0 aromatic heterocycles. The van der Waals surface area contributed by atoms with Crippen molar-refractivity contribution >= 4 is 38.0 Å². The highest BCUT2D eigenvalue weighted by atomic mass is 32.2. The second-order valence-electron chi connectivity index (χ2n) is 4.39. The molecule has 3 N–H and O–H groups in total. The van der Waals surface area contributed by atoms with Gasteiger partial charge in [0.15, 0.2) is 0 Å². The van der Waals surface area contributed by atoms with Crippen molar-refractivity contribution in [3.05, 3.63) is 29.8 Å². The summed E-state index contributed by atoms with van der Waals surface area (Å²) >= 11 is 4.82. The molecule has 0 spiro atoms. The molecule has 8 heteroatoms. The number of rotatable bonds is 7. The molecule has 1 rings (SSSR count). The van der Waals surface area contributed by atoms with Crippen LogP contribution in [0, 0.1) is 0 Å². The maximum Gasteiger partial charge on any atom is 0.240 e. The van der Waals surface area contributed by atoms with Gasteiger partial charge >= 0.3 is 0 Å². The van der Waals surface area contributed by atoms with Crippen LogP contribution in [0.2, 0.25) is 0 Å². The minimum absolute atomic E-state index is 0.0550. The normalized spacial score (nSPS) is 14.7. The van der Waals surface area contributed by atoms with Gasteiger partial charge in [0, 0.05) is 34.4 Å². The highest BCUT2D eigenvalue weighted by Crippen LogP contribution is 2.11. The van der Waals surface area contributed by atoms with E-state index in [2.05, 4.69) is 4.72 Å². The molecular weight excluding hydrogens is 316 g/mol. The van der Waals surface area contributed by atoms with E-state index in [1.165, 1.54) is 12.1 Å². The zero-order chi connectivity index (χ0) is 15.3. The molecule has 2 unspecified atom stereocenters. The lowest BCUT2D eigenvalue weighted by Crippen LogP contribution is -2.28. The van der Waals surface area contributed by atoms with Crippen LogP contribution in [0.5, 0.6) is 0 Å². The smallest absolute Gasteiger partial charge is 0.240 e. The van der Waals surface area contributed by atoms with Gasteiger partial charge in [-0.1, -0.05) is 31.3 Å². The highest BCUT2D eigenvalue weighted by molar-refractivity contribution is 7.89. The van der Waals surface area contributed by atoms with Crippen molar-refractivity contribution in [1.29, 1.82) is 0 Å². The van der Waals surface area contributed by atoms with Gasteiger partial charge < -0.3 is 5.73 Å². The summed E-state index contributed by atoms with van der Waals surface area (Å²) in [5.41, 5.74) is 5.99. The van der Waals surface area contributed by atoms with E-state index in [0.717, 1.165) is 0 Å². The van der Waals surface area contributed by atoms with Crippen LogP contribution in [0.4, 0.5) is 0 Å². The molecule has 0 aliphatic heterocycles. The topological polar surface area (TPSA) is 89.3 Å². The number of thiocarbonyl (C=S) groups is 1. The van der Waals surface area contributed by atoms with Crippen molar-refractivity contribution in [2.24, 2.45) is 5.73 Å². The summed E-state index contributed by atoms with van der Waals surface area (Å²) in [6, 6.07) is 6.16. The van der Waals surface area contributed by atoms with Crippen LogP contribution >= 0.6 is 12.2 Å². The Kier molecular flexibility index (Phi) is 6.25. The molecule has 0 amide bonds. The van der Waals surface area contributed by atoms with Gasteiger partial charge in [-0.2, -0.15) is 0 Å². The monoisotopic (exact) mass is 334 g/mol.